The highest BCUT2D eigenvalue weighted by Crippen LogP contribution is 2.23. The fourth-order valence-corrected chi connectivity index (χ4v) is 2.90. The van der Waals surface area contributed by atoms with Crippen LogP contribution >= 0.6 is 11.8 Å². The Morgan fingerprint density at radius 2 is 2.17 bits per heavy atom. The first-order valence-corrected chi connectivity index (χ1v) is 7.66. The Morgan fingerprint density at radius 3 is 2.61 bits per heavy atom. The van der Waals surface area contributed by atoms with Gasteiger partial charge in [0.2, 0.25) is 0 Å². The topological polar surface area (TPSA) is 69.6 Å². The number of urea groups is 1. The highest BCUT2D eigenvalue weighted by molar-refractivity contribution is 7.98. The number of carboxylic acids is 1. The van der Waals surface area contributed by atoms with Crippen molar-refractivity contribution in [1.29, 1.82) is 0 Å². The van der Waals surface area contributed by atoms with Crippen molar-refractivity contribution in [2.75, 3.05) is 25.1 Å². The van der Waals surface area contributed by atoms with Gasteiger partial charge in [-0.3, -0.25) is 4.79 Å². The largest absolute Gasteiger partial charge is 0.481 e. The molecule has 0 aliphatic carbocycles. The summed E-state index contributed by atoms with van der Waals surface area (Å²) in [6.07, 6.45) is 2.89. The Balaban J connectivity index is 2.51. The average molecular weight is 274 g/mol. The van der Waals surface area contributed by atoms with Gasteiger partial charge in [0.15, 0.2) is 0 Å². The molecular weight excluding hydrogens is 252 g/mol. The number of carbonyl (C=O) groups is 2. The van der Waals surface area contributed by atoms with E-state index in [0.717, 1.165) is 12.2 Å². The van der Waals surface area contributed by atoms with E-state index in [0.29, 0.717) is 13.1 Å². The summed E-state index contributed by atoms with van der Waals surface area (Å²) in [5.41, 5.74) is 0. The molecule has 0 spiro atoms. The average Bonchev–Trinajstić information content (AvgIpc) is 2.70. The monoisotopic (exact) mass is 274 g/mol. The number of hydrogen-bond donors (Lipinski definition) is 2. The van der Waals surface area contributed by atoms with Crippen molar-refractivity contribution in [3.05, 3.63) is 0 Å². The molecule has 18 heavy (non-hydrogen) atoms. The van der Waals surface area contributed by atoms with Gasteiger partial charge in [0.1, 0.15) is 0 Å². The predicted molar refractivity (Wildman–Crippen MR) is 72.9 cm³/mol. The van der Waals surface area contributed by atoms with Crippen LogP contribution in [0.2, 0.25) is 0 Å². The Hall–Kier alpha value is -0.910. The van der Waals surface area contributed by atoms with E-state index in [1.807, 2.05) is 20.1 Å². The van der Waals surface area contributed by atoms with E-state index in [1.54, 1.807) is 16.7 Å². The van der Waals surface area contributed by atoms with Gasteiger partial charge < -0.3 is 15.3 Å². The standard InChI is InChI=1S/C12H22N2O3S/c1-4-9(7-18-3)13-12(17)14-5-8(2)10(6-14)11(15)16/h8-10H,4-7H2,1-3H3,(H,13,17)(H,15,16). The molecule has 0 aromatic carbocycles. The van der Waals surface area contributed by atoms with Gasteiger partial charge in [-0.25, -0.2) is 4.79 Å². The Morgan fingerprint density at radius 1 is 1.50 bits per heavy atom. The molecule has 104 valence electrons. The van der Waals surface area contributed by atoms with E-state index in [2.05, 4.69) is 5.32 Å². The Bertz CT molecular complexity index is 312. The molecule has 0 bridgehead atoms. The van der Waals surface area contributed by atoms with E-state index in [9.17, 15) is 9.59 Å². The van der Waals surface area contributed by atoms with Crippen LogP contribution in [0.25, 0.3) is 0 Å². The normalized spacial score (nSPS) is 24.9. The van der Waals surface area contributed by atoms with Crippen LogP contribution in [0.1, 0.15) is 20.3 Å². The second-order valence-corrected chi connectivity index (χ2v) is 5.75. The minimum Gasteiger partial charge on any atom is -0.481 e. The molecule has 0 aromatic heterocycles. The van der Waals surface area contributed by atoms with Gasteiger partial charge in [0.05, 0.1) is 5.92 Å². The van der Waals surface area contributed by atoms with Gasteiger partial charge in [0.25, 0.3) is 0 Å². The minimum atomic E-state index is -0.811. The van der Waals surface area contributed by atoms with Crippen molar-refractivity contribution in [2.24, 2.45) is 11.8 Å². The number of nitrogens with one attached hydrogen (secondary N) is 1. The molecule has 1 aliphatic rings. The molecule has 3 atom stereocenters. The van der Waals surface area contributed by atoms with Gasteiger partial charge in [-0.05, 0) is 18.6 Å². The lowest BCUT2D eigenvalue weighted by Crippen LogP contribution is -2.45. The van der Waals surface area contributed by atoms with E-state index in [-0.39, 0.29) is 18.0 Å². The summed E-state index contributed by atoms with van der Waals surface area (Å²) in [7, 11) is 0. The molecule has 0 aromatic rings. The van der Waals surface area contributed by atoms with Crippen LogP contribution in [0.15, 0.2) is 0 Å². The third-order valence-electron chi connectivity index (χ3n) is 3.41. The summed E-state index contributed by atoms with van der Waals surface area (Å²) >= 11 is 1.70. The summed E-state index contributed by atoms with van der Waals surface area (Å²) < 4.78 is 0. The lowest BCUT2D eigenvalue weighted by molar-refractivity contribution is -0.142. The number of likely N-dealkylation sites (tertiary alicyclic amines) is 1. The smallest absolute Gasteiger partial charge is 0.317 e. The maximum absolute atomic E-state index is 12.0. The van der Waals surface area contributed by atoms with E-state index < -0.39 is 11.9 Å². The summed E-state index contributed by atoms with van der Waals surface area (Å²) in [5.74, 6) is -0.340. The number of carbonyl (C=O) groups excluding carboxylic acids is 1. The third kappa shape index (κ3) is 3.80. The maximum atomic E-state index is 12.0. The van der Waals surface area contributed by atoms with Crippen molar-refractivity contribution in [2.45, 2.75) is 26.3 Å². The van der Waals surface area contributed by atoms with E-state index in [1.165, 1.54) is 0 Å². The van der Waals surface area contributed by atoms with Gasteiger partial charge in [-0.15, -0.1) is 0 Å². The number of amides is 2. The van der Waals surface area contributed by atoms with Crippen LogP contribution < -0.4 is 5.32 Å². The summed E-state index contributed by atoms with van der Waals surface area (Å²) in [5, 5.41) is 12.0. The molecule has 1 aliphatic heterocycles. The van der Waals surface area contributed by atoms with Gasteiger partial charge in [0, 0.05) is 24.9 Å². The zero-order chi connectivity index (χ0) is 13.7. The molecule has 2 amide bonds. The molecule has 1 fully saturated rings. The van der Waals surface area contributed by atoms with Crippen LogP contribution in [0.5, 0.6) is 0 Å². The molecule has 1 rings (SSSR count). The molecule has 2 N–H and O–H groups in total. The fourth-order valence-electron chi connectivity index (χ4n) is 2.18. The van der Waals surface area contributed by atoms with Gasteiger partial charge in [-0.2, -0.15) is 11.8 Å². The summed E-state index contributed by atoms with van der Waals surface area (Å²) in [4.78, 5) is 24.6. The molecule has 0 radical (unpaired) electrons. The first kappa shape index (κ1) is 15.1. The zero-order valence-electron chi connectivity index (χ0n) is 11.2. The van der Waals surface area contributed by atoms with Gasteiger partial charge >= 0.3 is 12.0 Å². The summed E-state index contributed by atoms with van der Waals surface area (Å²) in [6.45, 7) is 4.76. The van der Waals surface area contributed by atoms with Crippen LogP contribution in [0, 0.1) is 11.8 Å². The van der Waals surface area contributed by atoms with Crippen molar-refractivity contribution < 1.29 is 14.7 Å². The van der Waals surface area contributed by atoms with Gasteiger partial charge in [-0.1, -0.05) is 13.8 Å². The molecule has 1 heterocycles. The fraction of sp³-hybridized carbons (Fsp3) is 0.833. The minimum absolute atomic E-state index is 0.0221. The van der Waals surface area contributed by atoms with Crippen LogP contribution in [-0.4, -0.2) is 53.1 Å². The van der Waals surface area contributed by atoms with Crippen molar-refractivity contribution in [3.63, 3.8) is 0 Å². The molecule has 5 nitrogen and oxygen atoms in total. The van der Waals surface area contributed by atoms with Crippen molar-refractivity contribution in [1.82, 2.24) is 10.2 Å². The lowest BCUT2D eigenvalue weighted by Gasteiger charge is -2.22. The second-order valence-electron chi connectivity index (χ2n) is 4.84. The molecule has 6 heteroatoms. The number of rotatable bonds is 5. The molecular formula is C12H22N2O3S. The van der Waals surface area contributed by atoms with Crippen molar-refractivity contribution in [3.8, 4) is 0 Å². The second kappa shape index (κ2) is 6.87. The number of thioether (sulfide) groups is 1. The van der Waals surface area contributed by atoms with Crippen LogP contribution in [0.3, 0.4) is 0 Å². The van der Waals surface area contributed by atoms with E-state index in [4.69, 9.17) is 5.11 Å². The van der Waals surface area contributed by atoms with Crippen LogP contribution in [0.4, 0.5) is 4.79 Å². The maximum Gasteiger partial charge on any atom is 0.317 e. The Kier molecular flexibility index (Phi) is 5.78. The SMILES string of the molecule is CCC(CSC)NC(=O)N1CC(C)C(C(=O)O)C1. The highest BCUT2D eigenvalue weighted by atomic mass is 32.2. The molecule has 3 unspecified atom stereocenters. The quantitative estimate of drug-likeness (QED) is 0.797. The first-order chi connectivity index (χ1) is 8.49. The van der Waals surface area contributed by atoms with E-state index >= 15 is 0 Å². The highest BCUT2D eigenvalue weighted by Gasteiger charge is 2.37. The number of aliphatic carboxylic acids is 1. The number of hydrogen-bond acceptors (Lipinski definition) is 3. The van der Waals surface area contributed by atoms with Crippen LogP contribution in [-0.2, 0) is 4.79 Å². The lowest BCUT2D eigenvalue weighted by atomic mass is 9.99. The summed E-state index contributed by atoms with van der Waals surface area (Å²) in [6, 6.07) is 0.0261. The predicted octanol–water partition coefficient (Wildman–Crippen LogP) is 1.49. The van der Waals surface area contributed by atoms with Crippen molar-refractivity contribution >= 4 is 23.8 Å². The zero-order valence-corrected chi connectivity index (χ0v) is 12.0. The molecule has 1 saturated heterocycles. The number of carboxylic acid groups (broad SMARTS) is 1. The number of nitrogens with zero attached hydrogens (tertiary/aromatic N) is 1. The first-order valence-electron chi connectivity index (χ1n) is 6.26. The Labute approximate surface area is 112 Å². The molecule has 0 saturated carbocycles. The third-order valence-corrected chi connectivity index (χ3v) is 4.14.